The van der Waals surface area contributed by atoms with E-state index in [0.29, 0.717) is 0 Å². The molecule has 1 heterocycles. The topological polar surface area (TPSA) is 204 Å². The summed E-state index contributed by atoms with van der Waals surface area (Å²) in [7, 11) is 0. The third-order valence-corrected chi connectivity index (χ3v) is 5.87. The molecule has 8 N–H and O–H groups in total. The summed E-state index contributed by atoms with van der Waals surface area (Å²) in [6.07, 6.45) is 1.09. The average molecular weight is 522 g/mol. The molecule has 2 rings (SSSR count). The Labute approximate surface area is 212 Å². The van der Waals surface area contributed by atoms with E-state index in [2.05, 4.69) is 33.6 Å². The summed E-state index contributed by atoms with van der Waals surface area (Å²) in [5.41, 5.74) is 7.67. The maximum absolute atomic E-state index is 12.8. The van der Waals surface area contributed by atoms with Crippen molar-refractivity contribution >= 4 is 53.2 Å². The van der Waals surface area contributed by atoms with Crippen LogP contribution in [-0.4, -0.2) is 74.8 Å². The summed E-state index contributed by atoms with van der Waals surface area (Å²) >= 11 is 4.03. The number of hydrogen-bond donors (Lipinski definition) is 8. The minimum absolute atomic E-state index is 0.130. The van der Waals surface area contributed by atoms with Crippen LogP contribution >= 0.6 is 12.6 Å². The van der Waals surface area contributed by atoms with Gasteiger partial charge in [-0.3, -0.25) is 19.2 Å². The molecule has 4 unspecified atom stereocenters. The highest BCUT2D eigenvalue weighted by molar-refractivity contribution is 7.80. The lowest BCUT2D eigenvalue weighted by atomic mass is 10.0. The maximum atomic E-state index is 12.8. The molecule has 36 heavy (non-hydrogen) atoms. The lowest BCUT2D eigenvalue weighted by Gasteiger charge is -2.24. The summed E-state index contributed by atoms with van der Waals surface area (Å²) in [6, 6.07) is 2.34. The molecule has 0 radical (unpaired) electrons. The van der Waals surface area contributed by atoms with E-state index in [9.17, 15) is 34.2 Å². The standard InChI is InChI=1S/C23H31N5O7S/c1-11(2)19(23(34)35)28-22(33)17(10-36)27-21(32)16(8-18(29)30)26-20(31)14(24)7-12-9-25-15-6-4-3-5-13(12)15/h3-6,9,11,14,16-17,19,25,36H,7-8,10,24H2,1-2H3,(H,26,31)(H,27,32)(H,28,33)(H,29,30)(H,34,35). The van der Waals surface area contributed by atoms with Crippen LogP contribution in [-0.2, 0) is 30.4 Å². The molecule has 0 aliphatic rings. The van der Waals surface area contributed by atoms with Crippen molar-refractivity contribution in [3.63, 3.8) is 0 Å². The number of aromatic amines is 1. The molecule has 2 aromatic rings. The van der Waals surface area contributed by atoms with Crippen molar-refractivity contribution in [3.8, 4) is 0 Å². The lowest BCUT2D eigenvalue weighted by molar-refractivity contribution is -0.144. The Kier molecular flexibility index (Phi) is 10.3. The van der Waals surface area contributed by atoms with E-state index in [1.807, 2.05) is 24.3 Å². The highest BCUT2D eigenvalue weighted by Crippen LogP contribution is 2.18. The number of thiol groups is 1. The molecular weight excluding hydrogens is 490 g/mol. The van der Waals surface area contributed by atoms with Crippen LogP contribution in [0.15, 0.2) is 30.5 Å². The predicted octanol–water partition coefficient (Wildman–Crippen LogP) is -0.363. The minimum Gasteiger partial charge on any atom is -0.481 e. The molecule has 3 amide bonds. The van der Waals surface area contributed by atoms with Crippen LogP contribution in [0.1, 0.15) is 25.8 Å². The summed E-state index contributed by atoms with van der Waals surface area (Å²) < 4.78 is 0. The number of H-pyrrole nitrogens is 1. The second kappa shape index (κ2) is 12.9. The molecule has 4 atom stereocenters. The Morgan fingerprint density at radius 1 is 0.972 bits per heavy atom. The highest BCUT2D eigenvalue weighted by atomic mass is 32.1. The monoisotopic (exact) mass is 521 g/mol. The quantitative estimate of drug-likeness (QED) is 0.163. The number of carbonyl (C=O) groups excluding carboxylic acids is 3. The number of rotatable bonds is 13. The zero-order valence-corrected chi connectivity index (χ0v) is 20.7. The number of fused-ring (bicyclic) bond motifs is 1. The van der Waals surface area contributed by atoms with Crippen molar-refractivity contribution in [1.82, 2.24) is 20.9 Å². The first-order valence-electron chi connectivity index (χ1n) is 11.2. The molecular formula is C23H31N5O7S. The molecule has 196 valence electrons. The van der Waals surface area contributed by atoms with Gasteiger partial charge in [0.2, 0.25) is 17.7 Å². The molecule has 1 aromatic carbocycles. The number of benzene rings is 1. The zero-order chi connectivity index (χ0) is 27.0. The van der Waals surface area contributed by atoms with E-state index in [4.69, 9.17) is 5.73 Å². The van der Waals surface area contributed by atoms with Crippen LogP contribution in [0.2, 0.25) is 0 Å². The van der Waals surface area contributed by atoms with Crippen molar-refractivity contribution in [1.29, 1.82) is 0 Å². The van der Waals surface area contributed by atoms with Gasteiger partial charge in [0.1, 0.15) is 18.1 Å². The fourth-order valence-electron chi connectivity index (χ4n) is 3.53. The van der Waals surface area contributed by atoms with Gasteiger partial charge in [0.25, 0.3) is 0 Å². The summed E-state index contributed by atoms with van der Waals surface area (Å²) in [5, 5.41) is 26.4. The number of amides is 3. The number of nitrogens with one attached hydrogen (secondary N) is 4. The first kappa shape index (κ1) is 28.7. The van der Waals surface area contributed by atoms with Crippen molar-refractivity contribution in [2.45, 2.75) is 50.9 Å². The van der Waals surface area contributed by atoms with Crippen molar-refractivity contribution in [2.24, 2.45) is 11.7 Å². The Morgan fingerprint density at radius 3 is 2.17 bits per heavy atom. The number of aromatic nitrogens is 1. The number of hydrogen-bond acceptors (Lipinski definition) is 7. The largest absolute Gasteiger partial charge is 0.481 e. The smallest absolute Gasteiger partial charge is 0.326 e. The van der Waals surface area contributed by atoms with Crippen molar-refractivity contribution in [3.05, 3.63) is 36.0 Å². The second-order valence-electron chi connectivity index (χ2n) is 8.64. The first-order valence-corrected chi connectivity index (χ1v) is 11.8. The van der Waals surface area contributed by atoms with Gasteiger partial charge in [0.05, 0.1) is 12.5 Å². The Balaban J connectivity index is 2.07. The molecule has 0 aliphatic heterocycles. The predicted molar refractivity (Wildman–Crippen MR) is 134 cm³/mol. The van der Waals surface area contributed by atoms with Crippen LogP contribution in [0.4, 0.5) is 0 Å². The van der Waals surface area contributed by atoms with E-state index < -0.39 is 66.2 Å². The molecule has 0 aliphatic carbocycles. The Bertz CT molecular complexity index is 1120. The lowest BCUT2D eigenvalue weighted by Crippen LogP contribution is -2.58. The summed E-state index contributed by atoms with van der Waals surface area (Å²) in [6.45, 7) is 3.20. The van der Waals surface area contributed by atoms with Gasteiger partial charge >= 0.3 is 11.9 Å². The normalized spacial score (nSPS) is 14.5. The Hall–Kier alpha value is -3.58. The van der Waals surface area contributed by atoms with Crippen LogP contribution < -0.4 is 21.7 Å². The van der Waals surface area contributed by atoms with Crippen molar-refractivity contribution < 1.29 is 34.2 Å². The van der Waals surface area contributed by atoms with Gasteiger partial charge in [-0.2, -0.15) is 12.6 Å². The van der Waals surface area contributed by atoms with Crippen molar-refractivity contribution in [2.75, 3.05) is 5.75 Å². The van der Waals surface area contributed by atoms with Gasteiger partial charge in [-0.25, -0.2) is 4.79 Å². The van der Waals surface area contributed by atoms with Gasteiger partial charge in [-0.15, -0.1) is 0 Å². The van der Waals surface area contributed by atoms with Gasteiger partial charge < -0.3 is 36.9 Å². The van der Waals surface area contributed by atoms with E-state index in [1.54, 1.807) is 20.0 Å². The summed E-state index contributed by atoms with van der Waals surface area (Å²) in [4.78, 5) is 63.8. The van der Waals surface area contributed by atoms with E-state index in [0.717, 1.165) is 16.5 Å². The molecule has 0 fully saturated rings. The third-order valence-electron chi connectivity index (χ3n) is 5.51. The van der Waals surface area contributed by atoms with E-state index >= 15 is 0 Å². The van der Waals surface area contributed by atoms with E-state index in [1.165, 1.54) is 0 Å². The fourth-order valence-corrected chi connectivity index (χ4v) is 3.78. The SMILES string of the molecule is CC(C)C(NC(=O)C(CS)NC(=O)C(CC(=O)O)NC(=O)C(N)Cc1c[nH]c2ccccc12)C(=O)O. The number of carbonyl (C=O) groups is 5. The first-order chi connectivity index (χ1) is 16.9. The Morgan fingerprint density at radius 2 is 1.58 bits per heavy atom. The van der Waals surface area contributed by atoms with Crippen LogP contribution in [0, 0.1) is 5.92 Å². The molecule has 0 bridgehead atoms. The van der Waals surface area contributed by atoms with Gasteiger partial charge in [0, 0.05) is 22.9 Å². The van der Waals surface area contributed by atoms with Gasteiger partial charge in [0.15, 0.2) is 0 Å². The number of para-hydroxylation sites is 1. The van der Waals surface area contributed by atoms with Crippen LogP contribution in [0.3, 0.4) is 0 Å². The zero-order valence-electron chi connectivity index (χ0n) is 19.9. The average Bonchev–Trinajstić information content (AvgIpc) is 3.22. The maximum Gasteiger partial charge on any atom is 0.326 e. The minimum atomic E-state index is -1.53. The number of carboxylic acid groups (broad SMARTS) is 2. The molecule has 1 aromatic heterocycles. The molecule has 0 saturated carbocycles. The number of aliphatic carboxylic acids is 2. The van der Waals surface area contributed by atoms with E-state index in [-0.39, 0.29) is 12.2 Å². The van der Waals surface area contributed by atoms with Gasteiger partial charge in [-0.05, 0) is 24.0 Å². The number of nitrogens with two attached hydrogens (primary N) is 1. The summed E-state index contributed by atoms with van der Waals surface area (Å²) in [5.74, 6) is -5.75. The molecule has 0 saturated heterocycles. The number of carboxylic acids is 2. The van der Waals surface area contributed by atoms with Gasteiger partial charge in [-0.1, -0.05) is 32.0 Å². The molecule has 13 heteroatoms. The second-order valence-corrected chi connectivity index (χ2v) is 9.01. The third kappa shape index (κ3) is 7.71. The highest BCUT2D eigenvalue weighted by Gasteiger charge is 2.31. The van der Waals surface area contributed by atoms with Crippen LogP contribution in [0.25, 0.3) is 10.9 Å². The fraction of sp³-hybridized carbons (Fsp3) is 0.435. The van der Waals surface area contributed by atoms with Crippen LogP contribution in [0.5, 0.6) is 0 Å². The molecule has 0 spiro atoms. The molecule has 12 nitrogen and oxygen atoms in total.